The van der Waals surface area contributed by atoms with E-state index in [0.717, 1.165) is 19.3 Å². The number of carbonyl (C=O) groups is 1. The van der Waals surface area contributed by atoms with Gasteiger partial charge in [-0.1, -0.05) is 32.9 Å². The van der Waals surface area contributed by atoms with E-state index in [0.29, 0.717) is 12.5 Å². The Hall–Kier alpha value is -0.830. The maximum atomic E-state index is 11.6. The van der Waals surface area contributed by atoms with Crippen LogP contribution in [0.3, 0.4) is 0 Å². The number of hydrogen-bond acceptors (Lipinski definition) is 3. The van der Waals surface area contributed by atoms with Crippen LogP contribution in [0.15, 0.2) is 12.2 Å². The summed E-state index contributed by atoms with van der Waals surface area (Å²) in [5, 5.41) is 0. The van der Waals surface area contributed by atoms with Gasteiger partial charge in [0.05, 0.1) is 17.6 Å². The molecule has 0 radical (unpaired) electrons. The van der Waals surface area contributed by atoms with Crippen molar-refractivity contribution in [3.05, 3.63) is 12.2 Å². The van der Waals surface area contributed by atoms with Gasteiger partial charge in [0.2, 0.25) is 0 Å². The van der Waals surface area contributed by atoms with Gasteiger partial charge in [-0.15, -0.1) is 0 Å². The van der Waals surface area contributed by atoms with Gasteiger partial charge in [-0.05, 0) is 39.0 Å². The van der Waals surface area contributed by atoms with E-state index < -0.39 is 5.60 Å². The lowest BCUT2D eigenvalue weighted by Gasteiger charge is -2.31. The molecule has 1 saturated carbocycles. The lowest BCUT2D eigenvalue weighted by atomic mass is 10.0. The Morgan fingerprint density at radius 3 is 2.47 bits per heavy atom. The molecule has 0 saturated heterocycles. The van der Waals surface area contributed by atoms with E-state index in [1.807, 2.05) is 13.8 Å². The van der Waals surface area contributed by atoms with Crippen LogP contribution in [0.1, 0.15) is 53.9 Å². The summed E-state index contributed by atoms with van der Waals surface area (Å²) in [6, 6.07) is 0. The zero-order chi connectivity index (χ0) is 14.5. The van der Waals surface area contributed by atoms with Crippen LogP contribution in [0.25, 0.3) is 0 Å². The summed E-state index contributed by atoms with van der Waals surface area (Å²) in [7, 11) is 0. The normalized spacial score (nSPS) is 18.0. The molecule has 1 unspecified atom stereocenters. The Labute approximate surface area is 117 Å². The Balaban J connectivity index is 2.44. The summed E-state index contributed by atoms with van der Waals surface area (Å²) in [6.45, 7) is 10.7. The predicted molar refractivity (Wildman–Crippen MR) is 76.9 cm³/mol. The molecule has 1 aliphatic rings. The largest absolute Gasteiger partial charge is 0.462 e. The van der Waals surface area contributed by atoms with Crippen LogP contribution in [-0.2, 0) is 14.3 Å². The number of esters is 1. The van der Waals surface area contributed by atoms with Crippen LogP contribution >= 0.6 is 0 Å². The topological polar surface area (TPSA) is 35.5 Å². The highest BCUT2D eigenvalue weighted by Gasteiger charge is 2.33. The van der Waals surface area contributed by atoms with Gasteiger partial charge in [-0.3, -0.25) is 4.79 Å². The van der Waals surface area contributed by atoms with Crippen LogP contribution in [0.5, 0.6) is 0 Å². The molecular weight excluding hydrogens is 240 g/mol. The fourth-order valence-corrected chi connectivity index (χ4v) is 1.75. The van der Waals surface area contributed by atoms with Crippen molar-refractivity contribution in [3.8, 4) is 0 Å². The van der Waals surface area contributed by atoms with Gasteiger partial charge < -0.3 is 9.47 Å². The molecule has 0 heterocycles. The first-order chi connectivity index (χ1) is 8.85. The maximum Gasteiger partial charge on any atom is 0.309 e. The highest BCUT2D eigenvalue weighted by atomic mass is 16.6. The summed E-state index contributed by atoms with van der Waals surface area (Å²) in [6.07, 6.45) is 7.26. The Bertz CT molecular complexity index is 314. The van der Waals surface area contributed by atoms with Crippen molar-refractivity contribution in [2.24, 2.45) is 11.8 Å². The van der Waals surface area contributed by atoms with E-state index in [4.69, 9.17) is 9.47 Å². The fraction of sp³-hybridized carbons (Fsp3) is 0.812. The van der Waals surface area contributed by atoms with E-state index in [1.165, 1.54) is 0 Å². The quantitative estimate of drug-likeness (QED) is 0.497. The van der Waals surface area contributed by atoms with Gasteiger partial charge in [-0.25, -0.2) is 0 Å². The molecule has 3 nitrogen and oxygen atoms in total. The van der Waals surface area contributed by atoms with Crippen molar-refractivity contribution in [2.45, 2.75) is 65.6 Å². The Kier molecular flexibility index (Phi) is 6.05. The van der Waals surface area contributed by atoms with Crippen molar-refractivity contribution in [2.75, 3.05) is 6.61 Å². The summed E-state index contributed by atoms with van der Waals surface area (Å²) in [5.41, 5.74) is -0.447. The molecule has 0 bridgehead atoms. The standard InChI is InChI=1S/C16H28O3/c1-6-7-8-14(12(2)3)19-16(4,5)11-18-15(17)13-9-10-13/h7-8,12-14H,6,9-11H2,1-5H3/b8-7+. The smallest absolute Gasteiger partial charge is 0.309 e. The second kappa shape index (κ2) is 7.09. The summed E-state index contributed by atoms with van der Waals surface area (Å²) in [4.78, 5) is 11.6. The van der Waals surface area contributed by atoms with Gasteiger partial charge in [0.15, 0.2) is 0 Å². The Morgan fingerprint density at radius 1 is 1.37 bits per heavy atom. The van der Waals surface area contributed by atoms with Crippen LogP contribution < -0.4 is 0 Å². The first-order valence-electron chi connectivity index (χ1n) is 7.37. The van der Waals surface area contributed by atoms with E-state index in [9.17, 15) is 4.79 Å². The third kappa shape index (κ3) is 6.24. The van der Waals surface area contributed by atoms with Gasteiger partial charge in [0.25, 0.3) is 0 Å². The molecule has 0 amide bonds. The van der Waals surface area contributed by atoms with Crippen LogP contribution in [0.2, 0.25) is 0 Å². The second-order valence-electron chi connectivity index (χ2n) is 6.30. The molecule has 3 heteroatoms. The molecule has 0 aromatic carbocycles. The number of carbonyl (C=O) groups excluding carboxylic acids is 1. The van der Waals surface area contributed by atoms with Gasteiger partial charge in [-0.2, -0.15) is 0 Å². The summed E-state index contributed by atoms with van der Waals surface area (Å²) >= 11 is 0. The second-order valence-corrected chi connectivity index (χ2v) is 6.30. The first-order valence-corrected chi connectivity index (χ1v) is 7.37. The van der Waals surface area contributed by atoms with Crippen LogP contribution in [-0.4, -0.2) is 24.3 Å². The molecule has 1 fully saturated rings. The molecule has 0 N–H and O–H groups in total. The van der Waals surface area contributed by atoms with E-state index in [-0.39, 0.29) is 18.0 Å². The van der Waals surface area contributed by atoms with Gasteiger partial charge >= 0.3 is 5.97 Å². The number of rotatable bonds is 8. The molecule has 0 aliphatic heterocycles. The molecule has 0 aromatic heterocycles. The SMILES string of the molecule is CC/C=C/C(OC(C)(C)COC(=O)C1CC1)C(C)C. The van der Waals surface area contributed by atoms with Crippen LogP contribution in [0.4, 0.5) is 0 Å². The van der Waals surface area contributed by atoms with Crippen molar-refractivity contribution in [1.29, 1.82) is 0 Å². The van der Waals surface area contributed by atoms with Crippen LogP contribution in [0, 0.1) is 11.8 Å². The van der Waals surface area contributed by atoms with Gasteiger partial charge in [0.1, 0.15) is 6.61 Å². The maximum absolute atomic E-state index is 11.6. The van der Waals surface area contributed by atoms with Crippen molar-refractivity contribution in [3.63, 3.8) is 0 Å². The monoisotopic (exact) mass is 268 g/mol. The molecular formula is C16H28O3. The minimum atomic E-state index is -0.447. The number of allylic oxidation sites excluding steroid dienone is 1. The molecule has 1 aliphatic carbocycles. The lowest BCUT2D eigenvalue weighted by molar-refractivity contribution is -0.159. The van der Waals surface area contributed by atoms with Crippen molar-refractivity contribution >= 4 is 5.97 Å². The van der Waals surface area contributed by atoms with E-state index >= 15 is 0 Å². The highest BCUT2D eigenvalue weighted by Crippen LogP contribution is 2.30. The average molecular weight is 268 g/mol. The fourth-order valence-electron chi connectivity index (χ4n) is 1.75. The zero-order valence-electron chi connectivity index (χ0n) is 12.9. The molecule has 110 valence electrons. The first kappa shape index (κ1) is 16.2. The van der Waals surface area contributed by atoms with Crippen molar-refractivity contribution in [1.82, 2.24) is 0 Å². The molecule has 0 aromatic rings. The zero-order valence-corrected chi connectivity index (χ0v) is 12.9. The number of hydrogen-bond donors (Lipinski definition) is 0. The number of ether oxygens (including phenoxy) is 2. The average Bonchev–Trinajstić information content (AvgIpc) is 3.15. The molecule has 1 atom stereocenters. The summed E-state index contributed by atoms with van der Waals surface area (Å²) < 4.78 is 11.4. The highest BCUT2D eigenvalue weighted by molar-refractivity contribution is 5.74. The minimum Gasteiger partial charge on any atom is -0.462 e. The van der Waals surface area contributed by atoms with E-state index in [2.05, 4.69) is 32.9 Å². The molecule has 0 spiro atoms. The predicted octanol–water partition coefficient (Wildman–Crippen LogP) is 3.73. The summed E-state index contributed by atoms with van der Waals surface area (Å²) in [5.74, 6) is 0.486. The third-order valence-electron chi connectivity index (χ3n) is 3.15. The molecule has 1 rings (SSSR count). The molecule has 19 heavy (non-hydrogen) atoms. The minimum absolute atomic E-state index is 0.0644. The lowest BCUT2D eigenvalue weighted by Crippen LogP contribution is -2.37. The third-order valence-corrected chi connectivity index (χ3v) is 3.15. The Morgan fingerprint density at radius 2 is 2.00 bits per heavy atom. The van der Waals surface area contributed by atoms with Gasteiger partial charge in [0, 0.05) is 0 Å². The van der Waals surface area contributed by atoms with E-state index in [1.54, 1.807) is 0 Å². The van der Waals surface area contributed by atoms with Crippen molar-refractivity contribution < 1.29 is 14.3 Å².